The molecule has 160 valence electrons. The lowest BCUT2D eigenvalue weighted by Gasteiger charge is -2.16. The van der Waals surface area contributed by atoms with Gasteiger partial charge in [-0.2, -0.15) is 16.3 Å². The van der Waals surface area contributed by atoms with E-state index in [1.165, 1.54) is 17.3 Å². The van der Waals surface area contributed by atoms with Crippen molar-refractivity contribution in [3.05, 3.63) is 77.0 Å². The number of rotatable bonds is 7. The van der Waals surface area contributed by atoms with Crippen molar-refractivity contribution < 1.29 is 4.52 Å². The molecule has 0 saturated heterocycles. The lowest BCUT2D eigenvalue weighted by Crippen LogP contribution is -2.05. The van der Waals surface area contributed by atoms with Crippen LogP contribution in [0.25, 0.3) is 28.5 Å². The Morgan fingerprint density at radius 3 is 2.75 bits per heavy atom. The molecule has 0 atom stereocenters. The van der Waals surface area contributed by atoms with Gasteiger partial charge in [0.15, 0.2) is 16.8 Å². The van der Waals surface area contributed by atoms with Crippen molar-refractivity contribution in [2.24, 2.45) is 0 Å². The summed E-state index contributed by atoms with van der Waals surface area (Å²) in [6.45, 7) is 4.37. The Bertz CT molecular complexity index is 1310. The molecule has 0 aliphatic rings. The maximum atomic E-state index is 5.42. The highest BCUT2D eigenvalue weighted by Gasteiger charge is 2.20. The van der Waals surface area contributed by atoms with Crippen LogP contribution in [0.4, 0.5) is 0 Å². The van der Waals surface area contributed by atoms with E-state index >= 15 is 0 Å². The molecule has 0 radical (unpaired) electrons. The Labute approximate surface area is 193 Å². The number of thioether (sulfide) groups is 1. The molecule has 0 fully saturated rings. The molecular formula is C23H20N6OS2. The molecule has 0 aliphatic carbocycles. The van der Waals surface area contributed by atoms with Crippen molar-refractivity contribution in [3.63, 3.8) is 0 Å². The zero-order valence-corrected chi connectivity index (χ0v) is 19.2. The van der Waals surface area contributed by atoms with E-state index < -0.39 is 0 Å². The first-order valence-corrected chi connectivity index (χ1v) is 12.1. The average molecular weight is 461 g/mol. The largest absolute Gasteiger partial charge is 0.334 e. The van der Waals surface area contributed by atoms with Crippen molar-refractivity contribution in [2.45, 2.75) is 30.7 Å². The third-order valence-corrected chi connectivity index (χ3v) is 6.53. The molecule has 4 heterocycles. The highest BCUT2D eigenvalue weighted by Crippen LogP contribution is 2.33. The van der Waals surface area contributed by atoms with E-state index in [0.29, 0.717) is 23.4 Å². The van der Waals surface area contributed by atoms with Crippen LogP contribution in [0.2, 0.25) is 0 Å². The summed E-state index contributed by atoms with van der Waals surface area (Å²) in [5.74, 6) is 2.76. The molecule has 9 heteroatoms. The molecule has 0 saturated carbocycles. The van der Waals surface area contributed by atoms with Crippen LogP contribution in [-0.2, 0) is 5.75 Å². The predicted octanol–water partition coefficient (Wildman–Crippen LogP) is 5.86. The number of nitrogens with zero attached hydrogens (tertiary/aromatic N) is 6. The maximum Gasteiger partial charge on any atom is 0.258 e. The number of para-hydroxylation sites is 1. The zero-order valence-electron chi connectivity index (χ0n) is 17.5. The number of hydrogen-bond donors (Lipinski definition) is 0. The Kier molecular flexibility index (Phi) is 5.83. The van der Waals surface area contributed by atoms with Gasteiger partial charge in [-0.3, -0.25) is 9.55 Å². The summed E-state index contributed by atoms with van der Waals surface area (Å²) in [7, 11) is 0. The molecule has 0 unspecified atom stereocenters. The first kappa shape index (κ1) is 20.6. The summed E-state index contributed by atoms with van der Waals surface area (Å²) in [5, 5.41) is 17.9. The summed E-state index contributed by atoms with van der Waals surface area (Å²) in [4.78, 5) is 8.79. The first-order valence-electron chi connectivity index (χ1n) is 10.1. The molecule has 0 spiro atoms. The van der Waals surface area contributed by atoms with Crippen molar-refractivity contribution in [1.29, 1.82) is 0 Å². The van der Waals surface area contributed by atoms with Crippen LogP contribution in [0.5, 0.6) is 0 Å². The molecule has 32 heavy (non-hydrogen) atoms. The van der Waals surface area contributed by atoms with E-state index in [4.69, 9.17) is 4.52 Å². The number of benzene rings is 1. The van der Waals surface area contributed by atoms with Gasteiger partial charge in [0.2, 0.25) is 0 Å². The second kappa shape index (κ2) is 9.05. The van der Waals surface area contributed by atoms with Crippen molar-refractivity contribution in [1.82, 2.24) is 29.9 Å². The van der Waals surface area contributed by atoms with E-state index in [-0.39, 0.29) is 0 Å². The quantitative estimate of drug-likeness (QED) is 0.281. The smallest absolute Gasteiger partial charge is 0.258 e. The van der Waals surface area contributed by atoms with Gasteiger partial charge in [-0.1, -0.05) is 49.0 Å². The van der Waals surface area contributed by atoms with Crippen LogP contribution in [-0.4, -0.2) is 29.9 Å². The SMILES string of the molecule is CC(C)c1ccccc1-n1c(SCc2noc(-c3ccsc3)n2)nnc1-c1cccnc1. The van der Waals surface area contributed by atoms with Crippen molar-refractivity contribution in [2.75, 3.05) is 0 Å². The molecule has 0 aliphatic heterocycles. The minimum absolute atomic E-state index is 0.346. The van der Waals surface area contributed by atoms with E-state index in [2.05, 4.69) is 61.9 Å². The van der Waals surface area contributed by atoms with Crippen LogP contribution in [0.15, 0.2) is 75.3 Å². The minimum atomic E-state index is 0.346. The van der Waals surface area contributed by atoms with E-state index in [1.54, 1.807) is 23.7 Å². The molecule has 4 aromatic heterocycles. The standard InChI is InChI=1S/C23H20N6OS2/c1-15(2)18-7-3-4-8-19(18)29-21(16-6-5-10-24-12-16)26-27-23(29)32-14-20-25-22(30-28-20)17-9-11-31-13-17/h3-13,15H,14H2,1-2H3. The zero-order chi connectivity index (χ0) is 21.9. The van der Waals surface area contributed by atoms with Gasteiger partial charge in [-0.15, -0.1) is 10.2 Å². The highest BCUT2D eigenvalue weighted by atomic mass is 32.2. The van der Waals surface area contributed by atoms with E-state index in [0.717, 1.165) is 27.8 Å². The molecule has 0 N–H and O–H groups in total. The molecule has 0 bridgehead atoms. The Hall–Kier alpha value is -3.30. The first-order chi connectivity index (χ1) is 15.7. The second-order valence-electron chi connectivity index (χ2n) is 7.41. The van der Waals surface area contributed by atoms with E-state index in [1.807, 2.05) is 35.0 Å². The summed E-state index contributed by atoms with van der Waals surface area (Å²) in [6.07, 6.45) is 3.56. The number of pyridine rings is 1. The third kappa shape index (κ3) is 4.09. The van der Waals surface area contributed by atoms with Crippen LogP contribution >= 0.6 is 23.1 Å². The number of hydrogen-bond acceptors (Lipinski definition) is 8. The fourth-order valence-electron chi connectivity index (χ4n) is 3.39. The highest BCUT2D eigenvalue weighted by molar-refractivity contribution is 7.98. The molecule has 0 amide bonds. The normalized spacial score (nSPS) is 11.3. The van der Waals surface area contributed by atoms with Crippen molar-refractivity contribution >= 4 is 23.1 Å². The topological polar surface area (TPSA) is 82.5 Å². The van der Waals surface area contributed by atoms with Crippen molar-refractivity contribution in [3.8, 4) is 28.5 Å². The van der Waals surface area contributed by atoms with Crippen LogP contribution in [0, 0.1) is 0 Å². The molecule has 7 nitrogen and oxygen atoms in total. The van der Waals surface area contributed by atoms with Gasteiger partial charge in [-0.05, 0) is 41.1 Å². The summed E-state index contributed by atoms with van der Waals surface area (Å²) in [5.41, 5.74) is 4.12. The third-order valence-electron chi connectivity index (χ3n) is 4.92. The fraction of sp³-hybridized carbons (Fsp3) is 0.174. The van der Waals surface area contributed by atoms with Gasteiger partial charge in [0, 0.05) is 23.3 Å². The Morgan fingerprint density at radius 1 is 1.06 bits per heavy atom. The number of aromatic nitrogens is 6. The van der Waals surface area contributed by atoms with Crippen LogP contribution in [0.3, 0.4) is 0 Å². The Morgan fingerprint density at radius 2 is 1.97 bits per heavy atom. The molecular weight excluding hydrogens is 440 g/mol. The summed E-state index contributed by atoms with van der Waals surface area (Å²) in [6, 6.07) is 14.2. The predicted molar refractivity (Wildman–Crippen MR) is 126 cm³/mol. The summed E-state index contributed by atoms with van der Waals surface area (Å²) < 4.78 is 7.51. The van der Waals surface area contributed by atoms with Gasteiger partial charge >= 0.3 is 0 Å². The molecule has 5 rings (SSSR count). The van der Waals surface area contributed by atoms with Gasteiger partial charge in [-0.25, -0.2) is 0 Å². The van der Waals surface area contributed by atoms with Gasteiger partial charge in [0.25, 0.3) is 5.89 Å². The Balaban J connectivity index is 1.51. The molecule has 1 aromatic carbocycles. The average Bonchev–Trinajstić information content (AvgIpc) is 3.59. The van der Waals surface area contributed by atoms with Gasteiger partial charge in [0.05, 0.1) is 17.0 Å². The maximum absolute atomic E-state index is 5.42. The van der Waals surface area contributed by atoms with Crippen LogP contribution < -0.4 is 0 Å². The van der Waals surface area contributed by atoms with Crippen LogP contribution in [0.1, 0.15) is 31.2 Å². The number of thiophene rings is 1. The second-order valence-corrected chi connectivity index (χ2v) is 9.14. The van der Waals surface area contributed by atoms with Gasteiger partial charge in [0.1, 0.15) is 0 Å². The summed E-state index contributed by atoms with van der Waals surface area (Å²) >= 11 is 3.13. The minimum Gasteiger partial charge on any atom is -0.334 e. The monoisotopic (exact) mass is 460 g/mol. The fourth-order valence-corrected chi connectivity index (χ4v) is 4.80. The molecule has 5 aromatic rings. The lowest BCUT2D eigenvalue weighted by molar-refractivity contribution is 0.425. The lowest BCUT2D eigenvalue weighted by atomic mass is 10.0. The van der Waals surface area contributed by atoms with E-state index in [9.17, 15) is 0 Å². The van der Waals surface area contributed by atoms with Gasteiger partial charge < -0.3 is 4.52 Å².